The predicted molar refractivity (Wildman–Crippen MR) is 96.7 cm³/mol. The maximum absolute atomic E-state index is 6.00. The largest absolute Gasteiger partial charge is 0.383 e. The van der Waals surface area contributed by atoms with Gasteiger partial charge < -0.3 is 11.1 Å². The zero-order valence-electron chi connectivity index (χ0n) is 13.0. The van der Waals surface area contributed by atoms with Gasteiger partial charge in [-0.15, -0.1) is 10.2 Å². The van der Waals surface area contributed by atoms with Crippen LogP contribution in [0.15, 0.2) is 28.6 Å². The van der Waals surface area contributed by atoms with E-state index in [0.29, 0.717) is 23.3 Å². The third-order valence-electron chi connectivity index (χ3n) is 3.07. The molecule has 0 fully saturated rings. The highest BCUT2D eigenvalue weighted by molar-refractivity contribution is 8.00. The van der Waals surface area contributed by atoms with Crippen molar-refractivity contribution in [3.05, 3.63) is 30.1 Å². The second-order valence-corrected chi connectivity index (χ2v) is 7.68. The monoisotopic (exact) mass is 346 g/mol. The van der Waals surface area contributed by atoms with E-state index in [2.05, 4.69) is 39.3 Å². The first kappa shape index (κ1) is 15.9. The number of nitrogens with two attached hydrogens (primary N) is 1. The average Bonchev–Trinajstić information content (AvgIpc) is 2.99. The number of para-hydroxylation sites is 1. The fourth-order valence-electron chi connectivity index (χ4n) is 1.97. The summed E-state index contributed by atoms with van der Waals surface area (Å²) in [5.74, 6) is 2.42. The first-order valence-corrected chi connectivity index (χ1v) is 9.13. The molecule has 8 heteroatoms. The number of benzene rings is 1. The molecule has 0 aliphatic heterocycles. The van der Waals surface area contributed by atoms with E-state index in [-0.39, 0.29) is 0 Å². The highest BCUT2D eigenvalue weighted by Gasteiger charge is 2.09. The van der Waals surface area contributed by atoms with E-state index in [1.54, 1.807) is 23.1 Å². The lowest BCUT2D eigenvalue weighted by Crippen LogP contribution is -2.07. The molecular formula is C15H18N6S2. The zero-order valence-corrected chi connectivity index (χ0v) is 14.6. The van der Waals surface area contributed by atoms with Gasteiger partial charge in [0.05, 0.1) is 11.3 Å². The van der Waals surface area contributed by atoms with Gasteiger partial charge in [0, 0.05) is 11.9 Å². The van der Waals surface area contributed by atoms with Gasteiger partial charge in [-0.25, -0.2) is 9.97 Å². The van der Waals surface area contributed by atoms with E-state index in [9.17, 15) is 0 Å². The number of hydrogen-bond donors (Lipinski definition) is 2. The van der Waals surface area contributed by atoms with Crippen LogP contribution in [0.5, 0.6) is 0 Å². The minimum Gasteiger partial charge on any atom is -0.383 e. The molecule has 120 valence electrons. The van der Waals surface area contributed by atoms with Crippen molar-refractivity contribution in [2.24, 2.45) is 5.92 Å². The summed E-state index contributed by atoms with van der Waals surface area (Å²) >= 11 is 3.11. The highest BCUT2D eigenvalue weighted by Crippen LogP contribution is 2.28. The molecule has 0 radical (unpaired) electrons. The zero-order chi connectivity index (χ0) is 16.2. The van der Waals surface area contributed by atoms with E-state index in [1.807, 2.05) is 24.3 Å². The summed E-state index contributed by atoms with van der Waals surface area (Å²) in [6, 6.07) is 7.76. The van der Waals surface area contributed by atoms with Gasteiger partial charge in [0.15, 0.2) is 4.34 Å². The molecule has 0 aliphatic carbocycles. The van der Waals surface area contributed by atoms with E-state index < -0.39 is 0 Å². The van der Waals surface area contributed by atoms with Crippen LogP contribution in [0.2, 0.25) is 0 Å². The van der Waals surface area contributed by atoms with Gasteiger partial charge >= 0.3 is 0 Å². The number of nitrogens with zero attached hydrogens (tertiary/aromatic N) is 4. The van der Waals surface area contributed by atoms with E-state index in [0.717, 1.165) is 26.9 Å². The van der Waals surface area contributed by atoms with Crippen molar-refractivity contribution in [2.45, 2.75) is 23.9 Å². The lowest BCUT2D eigenvalue weighted by molar-refractivity contribution is 0.687. The van der Waals surface area contributed by atoms with E-state index in [4.69, 9.17) is 5.73 Å². The molecule has 3 rings (SSSR count). The van der Waals surface area contributed by atoms with Gasteiger partial charge in [0.2, 0.25) is 5.13 Å². The summed E-state index contributed by atoms with van der Waals surface area (Å²) in [6.07, 6.45) is 0. The maximum Gasteiger partial charge on any atom is 0.206 e. The average molecular weight is 346 g/mol. The Morgan fingerprint density at radius 1 is 1.22 bits per heavy atom. The quantitative estimate of drug-likeness (QED) is 0.661. The predicted octanol–water partition coefficient (Wildman–Crippen LogP) is 3.42. The van der Waals surface area contributed by atoms with E-state index >= 15 is 0 Å². The molecule has 0 aliphatic rings. The van der Waals surface area contributed by atoms with Crippen LogP contribution in [0.4, 0.5) is 10.9 Å². The molecule has 3 aromatic rings. The van der Waals surface area contributed by atoms with Crippen LogP contribution in [0, 0.1) is 5.92 Å². The molecule has 0 spiro atoms. The van der Waals surface area contributed by atoms with Crippen LogP contribution in [0.3, 0.4) is 0 Å². The van der Waals surface area contributed by atoms with Crippen LogP contribution in [-0.4, -0.2) is 26.7 Å². The fourth-order valence-corrected chi connectivity index (χ4v) is 3.59. The molecule has 0 saturated carbocycles. The van der Waals surface area contributed by atoms with Crippen LogP contribution in [0.25, 0.3) is 10.9 Å². The summed E-state index contributed by atoms with van der Waals surface area (Å²) in [5, 5.41) is 13.3. The first-order valence-electron chi connectivity index (χ1n) is 7.33. The number of nitrogens with one attached hydrogen (secondary N) is 1. The Kier molecular flexibility index (Phi) is 4.92. The Bertz CT molecular complexity index is 802. The summed E-state index contributed by atoms with van der Waals surface area (Å²) in [5.41, 5.74) is 6.87. The van der Waals surface area contributed by atoms with Crippen LogP contribution < -0.4 is 11.1 Å². The maximum atomic E-state index is 6.00. The van der Waals surface area contributed by atoms with E-state index in [1.165, 1.54) is 0 Å². The van der Waals surface area contributed by atoms with Gasteiger partial charge in [-0.1, -0.05) is 49.1 Å². The third kappa shape index (κ3) is 4.08. The Hall–Kier alpha value is -1.93. The normalized spacial score (nSPS) is 11.3. The summed E-state index contributed by atoms with van der Waals surface area (Å²) in [6.45, 7) is 5.21. The van der Waals surface area contributed by atoms with Crippen molar-refractivity contribution >= 4 is 45.0 Å². The van der Waals surface area contributed by atoms with Crippen molar-refractivity contribution in [3.8, 4) is 0 Å². The molecule has 0 amide bonds. The van der Waals surface area contributed by atoms with Crippen molar-refractivity contribution in [2.75, 3.05) is 17.6 Å². The molecule has 2 aromatic heterocycles. The molecule has 23 heavy (non-hydrogen) atoms. The topological polar surface area (TPSA) is 89.6 Å². The summed E-state index contributed by atoms with van der Waals surface area (Å²) < 4.78 is 0.895. The number of thioether (sulfide) groups is 1. The number of rotatable bonds is 6. The summed E-state index contributed by atoms with van der Waals surface area (Å²) in [4.78, 5) is 8.92. The third-order valence-corrected chi connectivity index (χ3v) is 5.08. The Morgan fingerprint density at radius 2 is 2.04 bits per heavy atom. The standard InChI is InChI=1S/C15H18N6S2/c1-9(2)7-17-14-20-21-15(23-14)22-8-12-18-11-6-4-3-5-10(11)13(16)19-12/h3-6,9H,7-8H2,1-2H3,(H,17,20)(H2,16,18,19). The molecule has 3 N–H and O–H groups in total. The van der Waals surface area contributed by atoms with Crippen molar-refractivity contribution in [1.29, 1.82) is 0 Å². The van der Waals surface area contributed by atoms with Crippen molar-refractivity contribution in [1.82, 2.24) is 20.2 Å². The lowest BCUT2D eigenvalue weighted by Gasteiger charge is -2.04. The Balaban J connectivity index is 1.66. The fraction of sp³-hybridized carbons (Fsp3) is 0.333. The molecule has 1 aromatic carbocycles. The van der Waals surface area contributed by atoms with Gasteiger partial charge in [-0.2, -0.15) is 0 Å². The SMILES string of the molecule is CC(C)CNc1nnc(SCc2nc(N)c3ccccc3n2)s1. The molecule has 0 unspecified atom stereocenters. The molecule has 0 bridgehead atoms. The smallest absolute Gasteiger partial charge is 0.206 e. The number of anilines is 2. The second-order valence-electron chi connectivity index (χ2n) is 5.48. The number of nitrogen functional groups attached to an aromatic ring is 1. The highest BCUT2D eigenvalue weighted by atomic mass is 32.2. The second kappa shape index (κ2) is 7.10. The molecule has 0 saturated heterocycles. The van der Waals surface area contributed by atoms with Crippen molar-refractivity contribution in [3.63, 3.8) is 0 Å². The minimum atomic E-state index is 0.516. The van der Waals surface area contributed by atoms with Crippen molar-refractivity contribution < 1.29 is 0 Å². The van der Waals surface area contributed by atoms with Gasteiger partial charge in [0.1, 0.15) is 11.6 Å². The first-order chi connectivity index (χ1) is 11.1. The molecule has 2 heterocycles. The van der Waals surface area contributed by atoms with Gasteiger partial charge in [-0.05, 0) is 18.1 Å². The molecule has 6 nitrogen and oxygen atoms in total. The number of aromatic nitrogens is 4. The van der Waals surface area contributed by atoms with Crippen LogP contribution in [0.1, 0.15) is 19.7 Å². The van der Waals surface area contributed by atoms with Crippen LogP contribution >= 0.6 is 23.1 Å². The number of hydrogen-bond acceptors (Lipinski definition) is 8. The molecular weight excluding hydrogens is 328 g/mol. The Labute approximate surface area is 142 Å². The summed E-state index contributed by atoms with van der Waals surface area (Å²) in [7, 11) is 0. The van der Waals surface area contributed by atoms with Crippen LogP contribution in [-0.2, 0) is 5.75 Å². The lowest BCUT2D eigenvalue weighted by atomic mass is 10.2. The number of fused-ring (bicyclic) bond motifs is 1. The Morgan fingerprint density at radius 3 is 2.87 bits per heavy atom. The molecule has 0 atom stereocenters. The van der Waals surface area contributed by atoms with Gasteiger partial charge in [0.25, 0.3) is 0 Å². The van der Waals surface area contributed by atoms with Gasteiger partial charge in [-0.3, -0.25) is 0 Å². The minimum absolute atomic E-state index is 0.516.